The minimum atomic E-state index is -1.34. The van der Waals surface area contributed by atoms with Gasteiger partial charge in [-0.25, -0.2) is 18.2 Å². The van der Waals surface area contributed by atoms with Crippen molar-refractivity contribution < 1.29 is 27.1 Å². The Bertz CT molecular complexity index is 2360. The molecule has 0 saturated carbocycles. The topological polar surface area (TPSA) is 106 Å². The van der Waals surface area contributed by atoms with Gasteiger partial charge >= 0.3 is 0 Å². The molecule has 0 radical (unpaired) electrons. The van der Waals surface area contributed by atoms with Crippen LogP contribution in [-0.4, -0.2) is 50.8 Å². The standard InChI is InChI=1S/C38H31F3N6O3S/c1-18-45-46-37(50-18)29-26(12-7-19-5-8-21(39)9-6-19)43-33-27-4-3-15-47(27)38(48)31(33)30(29)28-16-20-13-14-42-36(35(20)51-28)44-32-22-10-11-24(40)34(49-2)23(22)17-25(32)41/h5-6,8-11,13-14,16,25,27,32H,3-4,7,12,15,17H2,1-2H3,(H,42,44)/t25-,27?,32?/m0/s1. The lowest BCUT2D eigenvalue weighted by Gasteiger charge is -2.18. The highest BCUT2D eigenvalue weighted by molar-refractivity contribution is 7.23. The summed E-state index contributed by atoms with van der Waals surface area (Å²) in [6.45, 7) is 2.36. The van der Waals surface area contributed by atoms with Crippen LogP contribution in [0.5, 0.6) is 5.75 Å². The Morgan fingerprint density at radius 3 is 2.69 bits per heavy atom. The first-order valence-electron chi connectivity index (χ1n) is 16.9. The number of thiophene rings is 1. The number of aromatic nitrogens is 4. The molecule has 1 saturated heterocycles. The van der Waals surface area contributed by atoms with E-state index in [0.29, 0.717) is 64.6 Å². The number of pyridine rings is 2. The van der Waals surface area contributed by atoms with Gasteiger partial charge in [-0.05, 0) is 72.5 Å². The van der Waals surface area contributed by atoms with E-state index >= 15 is 4.39 Å². The molecule has 2 aliphatic heterocycles. The van der Waals surface area contributed by atoms with Crippen molar-refractivity contribution in [2.24, 2.45) is 0 Å². The Morgan fingerprint density at radius 2 is 1.90 bits per heavy atom. The number of halogens is 3. The van der Waals surface area contributed by atoms with Crippen LogP contribution < -0.4 is 10.1 Å². The van der Waals surface area contributed by atoms with Gasteiger partial charge in [-0.15, -0.1) is 21.5 Å². The van der Waals surface area contributed by atoms with Crippen LogP contribution in [0.1, 0.15) is 69.3 Å². The largest absolute Gasteiger partial charge is 0.493 e. The summed E-state index contributed by atoms with van der Waals surface area (Å²) >= 11 is 1.43. The summed E-state index contributed by atoms with van der Waals surface area (Å²) in [7, 11) is 1.38. The van der Waals surface area contributed by atoms with Crippen molar-refractivity contribution in [3.63, 3.8) is 0 Å². The molecule has 9 rings (SSSR count). The van der Waals surface area contributed by atoms with Gasteiger partial charge in [0.2, 0.25) is 11.8 Å². The number of methoxy groups -OCH3 is 1. The summed E-state index contributed by atoms with van der Waals surface area (Å²) < 4.78 is 56.0. The van der Waals surface area contributed by atoms with Crippen LogP contribution in [0.4, 0.5) is 19.0 Å². The molecule has 1 aliphatic carbocycles. The number of ether oxygens (including phenoxy) is 1. The number of nitrogens with zero attached hydrogens (tertiary/aromatic N) is 5. The fourth-order valence-corrected chi connectivity index (χ4v) is 9.04. The highest BCUT2D eigenvalue weighted by Crippen LogP contribution is 2.51. The first kappa shape index (κ1) is 31.7. The number of hydrogen-bond donors (Lipinski definition) is 1. The zero-order valence-electron chi connectivity index (χ0n) is 27.7. The van der Waals surface area contributed by atoms with E-state index in [1.807, 2.05) is 17.0 Å². The zero-order chi connectivity index (χ0) is 35.0. The van der Waals surface area contributed by atoms with Crippen molar-refractivity contribution in [2.75, 3.05) is 19.0 Å². The molecule has 1 amide bonds. The molecule has 6 heterocycles. The highest BCUT2D eigenvalue weighted by atomic mass is 32.1. The van der Waals surface area contributed by atoms with E-state index in [1.165, 1.54) is 36.6 Å². The van der Waals surface area contributed by atoms with Gasteiger partial charge in [0.05, 0.1) is 46.4 Å². The Kier molecular flexibility index (Phi) is 7.57. The summed E-state index contributed by atoms with van der Waals surface area (Å²) in [6.07, 6.45) is 3.09. The number of anilines is 1. The van der Waals surface area contributed by atoms with Crippen molar-refractivity contribution in [2.45, 2.75) is 57.3 Å². The van der Waals surface area contributed by atoms with E-state index in [4.69, 9.17) is 14.1 Å². The van der Waals surface area contributed by atoms with E-state index in [2.05, 4.69) is 20.5 Å². The third kappa shape index (κ3) is 5.16. The molecule has 3 atom stereocenters. The van der Waals surface area contributed by atoms with Crippen LogP contribution in [0.2, 0.25) is 0 Å². The van der Waals surface area contributed by atoms with E-state index in [-0.39, 0.29) is 35.8 Å². The molecular weight excluding hydrogens is 678 g/mol. The molecule has 0 bridgehead atoms. The number of carbonyl (C=O) groups excluding carboxylic acids is 1. The number of aryl methyl sites for hydroxylation is 3. The quantitative estimate of drug-likeness (QED) is 0.169. The lowest BCUT2D eigenvalue weighted by Crippen LogP contribution is -2.22. The van der Waals surface area contributed by atoms with Crippen LogP contribution in [-0.2, 0) is 19.3 Å². The van der Waals surface area contributed by atoms with Crippen LogP contribution in [0.15, 0.2) is 59.1 Å². The lowest BCUT2D eigenvalue weighted by atomic mass is 9.93. The minimum absolute atomic E-state index is 0.0101. The van der Waals surface area contributed by atoms with Crippen molar-refractivity contribution >= 4 is 33.1 Å². The fraction of sp³-hybridized carbons (Fsp3) is 0.289. The van der Waals surface area contributed by atoms with Crippen molar-refractivity contribution in [3.8, 4) is 27.6 Å². The van der Waals surface area contributed by atoms with Gasteiger partial charge in [-0.2, -0.15) is 0 Å². The number of carbonyl (C=O) groups is 1. The number of alkyl halides is 1. The molecule has 2 unspecified atom stereocenters. The zero-order valence-corrected chi connectivity index (χ0v) is 28.5. The Morgan fingerprint density at radius 1 is 1.06 bits per heavy atom. The Hall–Kier alpha value is -5.30. The molecule has 1 fully saturated rings. The van der Waals surface area contributed by atoms with E-state index in [9.17, 15) is 13.6 Å². The maximum atomic E-state index is 15.6. The number of amides is 1. The average molecular weight is 709 g/mol. The highest BCUT2D eigenvalue weighted by Gasteiger charge is 2.45. The van der Waals surface area contributed by atoms with Gasteiger partial charge in [-0.1, -0.05) is 18.2 Å². The average Bonchev–Trinajstić information content (AvgIpc) is 3.96. The number of fused-ring (bicyclic) bond motifs is 5. The van der Waals surface area contributed by atoms with Gasteiger partial charge in [0.15, 0.2) is 11.6 Å². The summed E-state index contributed by atoms with van der Waals surface area (Å²) in [5.74, 6) is 0.224. The third-order valence-corrected chi connectivity index (χ3v) is 11.3. The van der Waals surface area contributed by atoms with Gasteiger partial charge < -0.3 is 19.4 Å². The Balaban J connectivity index is 1.20. The predicted molar refractivity (Wildman–Crippen MR) is 186 cm³/mol. The van der Waals surface area contributed by atoms with E-state index in [0.717, 1.165) is 39.1 Å². The first-order chi connectivity index (χ1) is 24.8. The molecule has 4 aromatic heterocycles. The van der Waals surface area contributed by atoms with Gasteiger partial charge in [0.1, 0.15) is 17.8 Å². The van der Waals surface area contributed by atoms with Crippen molar-refractivity contribution in [1.82, 2.24) is 25.1 Å². The monoisotopic (exact) mass is 708 g/mol. The molecule has 6 aromatic rings. The predicted octanol–water partition coefficient (Wildman–Crippen LogP) is 8.13. The second kappa shape index (κ2) is 12.2. The normalized spacial score (nSPS) is 19.1. The molecular formula is C38H31F3N6O3S. The van der Waals surface area contributed by atoms with Gasteiger partial charge in [-0.3, -0.25) is 9.78 Å². The summed E-state index contributed by atoms with van der Waals surface area (Å²) in [5.41, 5.74) is 5.27. The molecule has 1 N–H and O–H groups in total. The van der Waals surface area contributed by atoms with Crippen LogP contribution in [0, 0.1) is 18.6 Å². The maximum absolute atomic E-state index is 15.6. The molecule has 51 heavy (non-hydrogen) atoms. The number of benzene rings is 2. The molecule has 3 aliphatic rings. The Labute approximate surface area is 294 Å². The minimum Gasteiger partial charge on any atom is -0.493 e. The first-order valence-corrected chi connectivity index (χ1v) is 17.7. The summed E-state index contributed by atoms with van der Waals surface area (Å²) in [4.78, 5) is 26.7. The molecule has 0 spiro atoms. The van der Waals surface area contributed by atoms with Crippen LogP contribution in [0.3, 0.4) is 0 Å². The third-order valence-electron chi connectivity index (χ3n) is 10.2. The van der Waals surface area contributed by atoms with Gasteiger partial charge in [0.25, 0.3) is 5.91 Å². The molecule has 2 aromatic carbocycles. The van der Waals surface area contributed by atoms with Crippen LogP contribution >= 0.6 is 11.3 Å². The SMILES string of the molecule is COc1c(F)ccc2c1C[C@H](F)C2Nc1nccc2cc(-c3c4c(nc(CCc5ccc(F)cc5)c3-c3nnc(C)o3)C3CCCN3C4=O)sc12. The maximum Gasteiger partial charge on any atom is 0.257 e. The second-order valence-electron chi connectivity index (χ2n) is 13.2. The summed E-state index contributed by atoms with van der Waals surface area (Å²) in [6, 6.07) is 12.3. The fourth-order valence-electron chi connectivity index (χ4n) is 7.87. The van der Waals surface area contributed by atoms with Gasteiger partial charge in [0, 0.05) is 42.1 Å². The van der Waals surface area contributed by atoms with E-state index < -0.39 is 18.0 Å². The number of rotatable bonds is 8. The molecule has 258 valence electrons. The molecule has 13 heteroatoms. The van der Waals surface area contributed by atoms with Crippen molar-refractivity contribution in [3.05, 3.63) is 106 Å². The van der Waals surface area contributed by atoms with E-state index in [1.54, 1.807) is 31.3 Å². The number of hydrogen-bond acceptors (Lipinski definition) is 9. The number of nitrogens with one attached hydrogen (secondary N) is 1. The molecule has 9 nitrogen and oxygen atoms in total. The van der Waals surface area contributed by atoms with Crippen molar-refractivity contribution in [1.29, 1.82) is 0 Å². The summed E-state index contributed by atoms with van der Waals surface area (Å²) in [5, 5.41) is 12.7. The second-order valence-corrected chi connectivity index (χ2v) is 14.2. The lowest BCUT2D eigenvalue weighted by molar-refractivity contribution is 0.0776. The van der Waals surface area contributed by atoms with Crippen LogP contribution in [0.25, 0.3) is 32.0 Å². The smallest absolute Gasteiger partial charge is 0.257 e.